The fourth-order valence-corrected chi connectivity index (χ4v) is 1.32. The molecule has 0 aromatic heterocycles. The summed E-state index contributed by atoms with van der Waals surface area (Å²) in [6, 6.07) is 0. The lowest BCUT2D eigenvalue weighted by Crippen LogP contribution is -1.73. The third kappa shape index (κ3) is 4.28. The van der Waals surface area contributed by atoms with E-state index in [1.165, 1.54) is 12.6 Å². The molecule has 0 aliphatic heterocycles. The monoisotopic (exact) mass is 117 g/mol. The molecule has 0 saturated heterocycles. The van der Waals surface area contributed by atoms with E-state index in [2.05, 4.69) is 26.7 Å². The van der Waals surface area contributed by atoms with Crippen molar-refractivity contribution in [3.63, 3.8) is 0 Å². The summed E-state index contributed by atoms with van der Waals surface area (Å²) in [5.41, 5.74) is 0. The Morgan fingerprint density at radius 3 is 2.14 bits per heavy atom. The normalized spacial score (nSPS) is 14.1. The van der Waals surface area contributed by atoms with Gasteiger partial charge in [0.25, 0.3) is 0 Å². The summed E-state index contributed by atoms with van der Waals surface area (Å²) in [6.45, 7) is 6.77. The van der Waals surface area contributed by atoms with Crippen LogP contribution in [0, 0.1) is 6.16 Å². The second-order valence-corrected chi connectivity index (χ2v) is 4.18. The van der Waals surface area contributed by atoms with Gasteiger partial charge in [0, 0.05) is 0 Å². The summed E-state index contributed by atoms with van der Waals surface area (Å²) in [5.74, 6) is 0. The first-order chi connectivity index (χ1) is 3.31. The van der Waals surface area contributed by atoms with Gasteiger partial charge in [0.1, 0.15) is 0 Å². The van der Waals surface area contributed by atoms with Gasteiger partial charge < -0.3 is 0 Å². The topological polar surface area (TPSA) is 0 Å². The van der Waals surface area contributed by atoms with E-state index in [0.29, 0.717) is 7.92 Å². The molecule has 0 aromatic carbocycles. The lowest BCUT2D eigenvalue weighted by atomic mass is 10.6. The minimum Gasteiger partial charge on any atom is -0.106 e. The van der Waals surface area contributed by atoms with Gasteiger partial charge >= 0.3 is 0 Å². The average Bonchev–Trinajstić information content (AvgIpc) is 1.68. The van der Waals surface area contributed by atoms with Crippen LogP contribution >= 0.6 is 7.92 Å². The molecule has 0 bridgehead atoms. The van der Waals surface area contributed by atoms with Crippen molar-refractivity contribution in [2.75, 3.05) is 12.8 Å². The molecule has 0 spiro atoms. The SMILES string of the molecule is CC[CH]P(C)CC. The van der Waals surface area contributed by atoms with Crippen molar-refractivity contribution in [3.05, 3.63) is 6.16 Å². The standard InChI is InChI=1S/C6H14P/c1-4-6-7(3)5-2/h6H,4-5H2,1-3H3. The predicted molar refractivity (Wildman–Crippen MR) is 38.0 cm³/mol. The van der Waals surface area contributed by atoms with Gasteiger partial charge in [0.2, 0.25) is 0 Å². The maximum absolute atomic E-state index is 2.41. The van der Waals surface area contributed by atoms with Crippen LogP contribution in [0.5, 0.6) is 0 Å². The minimum atomic E-state index is 0.297. The zero-order chi connectivity index (χ0) is 5.70. The van der Waals surface area contributed by atoms with E-state index in [-0.39, 0.29) is 0 Å². The Morgan fingerprint density at radius 1 is 1.43 bits per heavy atom. The summed E-state index contributed by atoms with van der Waals surface area (Å²) in [5, 5.41) is 0. The van der Waals surface area contributed by atoms with E-state index in [1.807, 2.05) is 0 Å². The maximum atomic E-state index is 2.41. The van der Waals surface area contributed by atoms with Gasteiger partial charge in [-0.3, -0.25) is 0 Å². The molecule has 0 rings (SSSR count). The number of hydrogen-bond acceptors (Lipinski definition) is 0. The van der Waals surface area contributed by atoms with Gasteiger partial charge in [-0.15, -0.1) is 7.92 Å². The van der Waals surface area contributed by atoms with Crippen LogP contribution in [0.2, 0.25) is 0 Å². The highest BCUT2D eigenvalue weighted by molar-refractivity contribution is 7.58. The summed E-state index contributed by atoms with van der Waals surface area (Å²) >= 11 is 0. The van der Waals surface area contributed by atoms with E-state index in [1.54, 1.807) is 0 Å². The van der Waals surface area contributed by atoms with E-state index >= 15 is 0 Å². The average molecular weight is 117 g/mol. The molecule has 0 fully saturated rings. The van der Waals surface area contributed by atoms with Gasteiger partial charge in [-0.1, -0.05) is 13.8 Å². The first-order valence-corrected chi connectivity index (χ1v) is 4.89. The molecule has 7 heavy (non-hydrogen) atoms. The summed E-state index contributed by atoms with van der Waals surface area (Å²) in [6.07, 6.45) is 5.01. The fraction of sp³-hybridized carbons (Fsp3) is 0.833. The van der Waals surface area contributed by atoms with Crippen molar-refractivity contribution in [2.45, 2.75) is 20.3 Å². The molecule has 0 aromatic rings. The molecule has 0 aliphatic rings. The van der Waals surface area contributed by atoms with Crippen molar-refractivity contribution in [1.82, 2.24) is 0 Å². The van der Waals surface area contributed by atoms with Gasteiger partial charge in [-0.05, 0) is 25.4 Å². The molecule has 0 nitrogen and oxygen atoms in total. The van der Waals surface area contributed by atoms with Gasteiger partial charge in [-0.2, -0.15) is 0 Å². The van der Waals surface area contributed by atoms with Crippen LogP contribution < -0.4 is 0 Å². The first-order valence-electron chi connectivity index (χ1n) is 2.84. The summed E-state index contributed by atoms with van der Waals surface area (Å²) < 4.78 is 0. The Labute approximate surface area is 48.1 Å². The van der Waals surface area contributed by atoms with E-state index in [0.717, 1.165) is 0 Å². The predicted octanol–water partition coefficient (Wildman–Crippen LogP) is 2.69. The highest BCUT2D eigenvalue weighted by atomic mass is 31.1. The smallest absolute Gasteiger partial charge is 0.0147 e. The van der Waals surface area contributed by atoms with Crippen LogP contribution in [0.25, 0.3) is 0 Å². The molecule has 0 N–H and O–H groups in total. The Bertz CT molecular complexity index is 35.2. The van der Waals surface area contributed by atoms with Gasteiger partial charge in [-0.25, -0.2) is 0 Å². The van der Waals surface area contributed by atoms with Crippen LogP contribution in [0.4, 0.5) is 0 Å². The van der Waals surface area contributed by atoms with Crippen molar-refractivity contribution in [2.24, 2.45) is 0 Å². The van der Waals surface area contributed by atoms with E-state index in [4.69, 9.17) is 0 Å². The van der Waals surface area contributed by atoms with Crippen molar-refractivity contribution >= 4 is 7.92 Å². The second-order valence-electron chi connectivity index (χ2n) is 1.66. The molecule has 1 unspecified atom stereocenters. The maximum Gasteiger partial charge on any atom is -0.0147 e. The Morgan fingerprint density at radius 2 is 2.00 bits per heavy atom. The molecule has 1 heteroatoms. The molecule has 43 valence electrons. The van der Waals surface area contributed by atoms with Crippen LogP contribution in [0.3, 0.4) is 0 Å². The highest BCUT2D eigenvalue weighted by Gasteiger charge is 1.91. The Hall–Kier alpha value is 0.430. The largest absolute Gasteiger partial charge is 0.106 e. The number of rotatable bonds is 3. The molecule has 1 radical (unpaired) electrons. The summed E-state index contributed by atoms with van der Waals surface area (Å²) in [7, 11) is 0.297. The minimum absolute atomic E-state index is 0.297. The van der Waals surface area contributed by atoms with Crippen LogP contribution in [-0.4, -0.2) is 12.8 Å². The Balaban J connectivity index is 2.83. The lowest BCUT2D eigenvalue weighted by molar-refractivity contribution is 1.19. The Kier molecular flexibility index (Phi) is 4.87. The van der Waals surface area contributed by atoms with Gasteiger partial charge in [0.05, 0.1) is 0 Å². The third-order valence-electron chi connectivity index (χ3n) is 0.993. The van der Waals surface area contributed by atoms with Crippen LogP contribution in [0.1, 0.15) is 20.3 Å². The summed E-state index contributed by atoms with van der Waals surface area (Å²) in [4.78, 5) is 0. The zero-order valence-corrected chi connectivity index (χ0v) is 6.33. The third-order valence-corrected chi connectivity index (χ3v) is 2.98. The fourth-order valence-electron chi connectivity index (χ4n) is 0.441. The quantitative estimate of drug-likeness (QED) is 0.498. The molecule has 1 atom stereocenters. The van der Waals surface area contributed by atoms with E-state index in [9.17, 15) is 0 Å². The first kappa shape index (κ1) is 7.43. The van der Waals surface area contributed by atoms with Crippen molar-refractivity contribution in [1.29, 1.82) is 0 Å². The molecule has 0 amide bonds. The zero-order valence-electron chi connectivity index (χ0n) is 5.44. The van der Waals surface area contributed by atoms with Crippen LogP contribution in [-0.2, 0) is 0 Å². The van der Waals surface area contributed by atoms with Crippen molar-refractivity contribution < 1.29 is 0 Å². The second kappa shape index (κ2) is 4.59. The molecule has 0 heterocycles. The molecular formula is C6H14P. The van der Waals surface area contributed by atoms with Crippen LogP contribution in [0.15, 0.2) is 0 Å². The van der Waals surface area contributed by atoms with Gasteiger partial charge in [0.15, 0.2) is 0 Å². The number of hydrogen-bond donors (Lipinski definition) is 0. The molecule has 0 aliphatic carbocycles. The molecular weight excluding hydrogens is 103 g/mol. The molecule has 0 saturated carbocycles. The lowest BCUT2D eigenvalue weighted by Gasteiger charge is -2.03. The van der Waals surface area contributed by atoms with E-state index < -0.39 is 0 Å². The highest BCUT2D eigenvalue weighted by Crippen LogP contribution is 2.34. The van der Waals surface area contributed by atoms with Crippen molar-refractivity contribution in [3.8, 4) is 0 Å².